The minimum Gasteiger partial charge on any atom is -0.464 e. The van der Waals surface area contributed by atoms with Gasteiger partial charge in [0, 0.05) is 18.5 Å². The van der Waals surface area contributed by atoms with E-state index in [4.69, 9.17) is 0 Å². The Morgan fingerprint density at radius 3 is 2.48 bits per heavy atom. The van der Waals surface area contributed by atoms with E-state index < -0.39 is 21.6 Å². The van der Waals surface area contributed by atoms with Crippen LogP contribution in [0.1, 0.15) is 10.5 Å². The molecular formula is C14H15N3O5S. The SMILES string of the molecule is C=CS(=O)(=O)N(C)c1ccc(-n2[nH]c(C(=O)OC)cc2=O)cc1. The van der Waals surface area contributed by atoms with E-state index in [1.54, 1.807) is 12.1 Å². The topological polar surface area (TPSA) is 101 Å². The fraction of sp³-hybridized carbons (Fsp3) is 0.143. The van der Waals surface area contributed by atoms with Crippen molar-refractivity contribution in [1.29, 1.82) is 0 Å². The summed E-state index contributed by atoms with van der Waals surface area (Å²) in [5.41, 5.74) is 0.429. The third-order valence-electron chi connectivity index (χ3n) is 3.19. The number of hydrogen-bond donors (Lipinski definition) is 1. The van der Waals surface area contributed by atoms with Gasteiger partial charge in [-0.1, -0.05) is 6.58 Å². The molecule has 0 aliphatic carbocycles. The van der Waals surface area contributed by atoms with Crippen LogP contribution >= 0.6 is 0 Å². The molecule has 0 aliphatic heterocycles. The van der Waals surface area contributed by atoms with Gasteiger partial charge in [0.05, 0.1) is 18.5 Å². The Labute approximate surface area is 132 Å². The smallest absolute Gasteiger partial charge is 0.356 e. The highest BCUT2D eigenvalue weighted by atomic mass is 32.2. The molecule has 8 nitrogen and oxygen atoms in total. The highest BCUT2D eigenvalue weighted by Crippen LogP contribution is 2.18. The van der Waals surface area contributed by atoms with Crippen molar-refractivity contribution in [2.45, 2.75) is 0 Å². The molecule has 1 aromatic carbocycles. The number of carbonyl (C=O) groups excluding carboxylic acids is 1. The van der Waals surface area contributed by atoms with Gasteiger partial charge in [-0.3, -0.25) is 14.2 Å². The maximum Gasteiger partial charge on any atom is 0.356 e. The van der Waals surface area contributed by atoms with Gasteiger partial charge in [-0.25, -0.2) is 17.9 Å². The van der Waals surface area contributed by atoms with Gasteiger partial charge in [-0.05, 0) is 24.3 Å². The largest absolute Gasteiger partial charge is 0.464 e. The van der Waals surface area contributed by atoms with Crippen molar-refractivity contribution in [3.05, 3.63) is 58.4 Å². The molecule has 0 atom stereocenters. The van der Waals surface area contributed by atoms with Crippen LogP contribution in [0.25, 0.3) is 5.69 Å². The lowest BCUT2D eigenvalue weighted by atomic mass is 10.3. The number of nitrogens with zero attached hydrogens (tertiary/aromatic N) is 2. The number of aromatic nitrogens is 2. The predicted octanol–water partition coefficient (Wildman–Crippen LogP) is 0.862. The van der Waals surface area contributed by atoms with E-state index in [1.807, 2.05) is 0 Å². The molecule has 0 radical (unpaired) electrons. The number of methoxy groups -OCH3 is 1. The minimum atomic E-state index is -3.59. The quantitative estimate of drug-likeness (QED) is 0.816. The number of H-pyrrole nitrogens is 1. The van der Waals surface area contributed by atoms with E-state index in [2.05, 4.69) is 16.4 Å². The summed E-state index contributed by atoms with van der Waals surface area (Å²) < 4.78 is 30.2. The number of anilines is 1. The van der Waals surface area contributed by atoms with Crippen LogP contribution in [0.5, 0.6) is 0 Å². The molecule has 0 amide bonds. The van der Waals surface area contributed by atoms with E-state index in [1.165, 1.54) is 26.3 Å². The zero-order valence-electron chi connectivity index (χ0n) is 12.5. The van der Waals surface area contributed by atoms with Crippen LogP contribution < -0.4 is 9.86 Å². The Morgan fingerprint density at radius 2 is 1.96 bits per heavy atom. The number of aromatic amines is 1. The van der Waals surface area contributed by atoms with E-state index in [-0.39, 0.29) is 5.69 Å². The number of hydrogen-bond acceptors (Lipinski definition) is 5. The third kappa shape index (κ3) is 3.19. The molecule has 9 heteroatoms. The van der Waals surface area contributed by atoms with Gasteiger partial charge in [0.1, 0.15) is 5.69 Å². The second-order valence-electron chi connectivity index (χ2n) is 4.53. The van der Waals surface area contributed by atoms with Crippen molar-refractivity contribution in [3.63, 3.8) is 0 Å². The minimum absolute atomic E-state index is 0.0212. The number of rotatable bonds is 5. The first-order chi connectivity index (χ1) is 10.8. The molecule has 0 unspecified atom stereocenters. The summed E-state index contributed by atoms with van der Waals surface area (Å²) in [5, 5.41) is 3.47. The number of benzene rings is 1. The third-order valence-corrected chi connectivity index (χ3v) is 4.59. The number of esters is 1. The zero-order valence-corrected chi connectivity index (χ0v) is 13.3. The summed E-state index contributed by atoms with van der Waals surface area (Å²) in [4.78, 5) is 23.3. The molecule has 0 saturated carbocycles. The molecule has 0 spiro atoms. The first kappa shape index (κ1) is 16.6. The average Bonchev–Trinajstić information content (AvgIpc) is 2.95. The van der Waals surface area contributed by atoms with Gasteiger partial charge in [0.15, 0.2) is 0 Å². The number of carbonyl (C=O) groups is 1. The zero-order chi connectivity index (χ0) is 17.2. The number of nitrogens with one attached hydrogen (secondary N) is 1. The molecular weight excluding hydrogens is 322 g/mol. The Hall–Kier alpha value is -2.81. The predicted molar refractivity (Wildman–Crippen MR) is 85.2 cm³/mol. The normalized spacial score (nSPS) is 11.0. The van der Waals surface area contributed by atoms with E-state index >= 15 is 0 Å². The first-order valence-electron chi connectivity index (χ1n) is 6.42. The molecule has 0 saturated heterocycles. The van der Waals surface area contributed by atoms with Gasteiger partial charge in [0.2, 0.25) is 0 Å². The summed E-state index contributed by atoms with van der Waals surface area (Å²) in [6.45, 7) is 3.26. The fourth-order valence-corrected chi connectivity index (χ4v) is 2.51. The van der Waals surface area contributed by atoms with Crippen molar-refractivity contribution in [2.75, 3.05) is 18.5 Å². The van der Waals surface area contributed by atoms with Gasteiger partial charge in [-0.2, -0.15) is 0 Å². The monoisotopic (exact) mass is 337 g/mol. The molecule has 2 rings (SSSR count). The van der Waals surface area contributed by atoms with Crippen molar-refractivity contribution in [1.82, 2.24) is 9.78 Å². The second kappa shape index (κ2) is 6.13. The van der Waals surface area contributed by atoms with E-state index in [0.29, 0.717) is 11.4 Å². The Bertz CT molecular complexity index is 893. The van der Waals surface area contributed by atoms with Gasteiger partial charge >= 0.3 is 5.97 Å². The van der Waals surface area contributed by atoms with Gasteiger partial charge < -0.3 is 4.74 Å². The Morgan fingerprint density at radius 1 is 1.35 bits per heavy atom. The number of ether oxygens (including phenoxy) is 1. The van der Waals surface area contributed by atoms with Crippen LogP contribution in [-0.2, 0) is 14.8 Å². The Balaban J connectivity index is 2.37. The van der Waals surface area contributed by atoms with E-state index in [0.717, 1.165) is 20.5 Å². The van der Waals surface area contributed by atoms with Crippen LogP contribution in [0.15, 0.2) is 47.1 Å². The Kier molecular flexibility index (Phi) is 4.41. The highest BCUT2D eigenvalue weighted by Gasteiger charge is 2.15. The van der Waals surface area contributed by atoms with Crippen molar-refractivity contribution < 1.29 is 17.9 Å². The maximum absolute atomic E-state index is 11.9. The summed E-state index contributed by atoms with van der Waals surface area (Å²) in [6, 6.07) is 7.27. The molecule has 1 aromatic heterocycles. The van der Waals surface area contributed by atoms with Crippen molar-refractivity contribution >= 4 is 21.7 Å². The fourth-order valence-electron chi connectivity index (χ4n) is 1.87. The van der Waals surface area contributed by atoms with Crippen LogP contribution in [0, 0.1) is 0 Å². The first-order valence-corrected chi connectivity index (χ1v) is 7.92. The van der Waals surface area contributed by atoms with Crippen LogP contribution in [0.4, 0.5) is 5.69 Å². The lowest BCUT2D eigenvalue weighted by Crippen LogP contribution is -2.24. The molecule has 0 bridgehead atoms. The molecule has 2 aromatic rings. The standard InChI is InChI=1S/C14H15N3O5S/c1-4-23(20,21)16(2)10-5-7-11(8-6-10)17-13(18)9-12(15-17)14(19)22-3/h4-9,15H,1H2,2-3H3. The van der Waals surface area contributed by atoms with Crippen molar-refractivity contribution in [2.24, 2.45) is 0 Å². The summed E-state index contributed by atoms with van der Waals surface area (Å²) in [6.07, 6.45) is 0. The summed E-state index contributed by atoms with van der Waals surface area (Å²) in [7, 11) is -0.986. The molecule has 1 heterocycles. The van der Waals surface area contributed by atoms with Crippen molar-refractivity contribution in [3.8, 4) is 5.69 Å². The lowest BCUT2D eigenvalue weighted by Gasteiger charge is -2.17. The number of sulfonamides is 1. The molecule has 0 aliphatic rings. The second-order valence-corrected chi connectivity index (χ2v) is 6.44. The van der Waals surface area contributed by atoms with E-state index in [9.17, 15) is 18.0 Å². The molecule has 0 fully saturated rings. The van der Waals surface area contributed by atoms with Gasteiger partial charge in [0.25, 0.3) is 15.6 Å². The van der Waals surface area contributed by atoms with Gasteiger partial charge in [-0.15, -0.1) is 0 Å². The average molecular weight is 337 g/mol. The maximum atomic E-state index is 11.9. The van der Waals surface area contributed by atoms with Crippen LogP contribution in [0.2, 0.25) is 0 Å². The summed E-state index contributed by atoms with van der Waals surface area (Å²) in [5.74, 6) is -0.658. The molecule has 122 valence electrons. The van der Waals surface area contributed by atoms with Crippen LogP contribution in [0.3, 0.4) is 0 Å². The molecule has 1 N–H and O–H groups in total. The molecule has 23 heavy (non-hydrogen) atoms. The highest BCUT2D eigenvalue weighted by molar-refractivity contribution is 7.95. The van der Waals surface area contributed by atoms with Crippen LogP contribution in [-0.4, -0.2) is 38.3 Å². The lowest BCUT2D eigenvalue weighted by molar-refractivity contribution is 0.0593. The summed E-state index contributed by atoms with van der Waals surface area (Å²) >= 11 is 0.